The smallest absolute Gasteiger partial charge is 0.396 e. The second-order valence-corrected chi connectivity index (χ2v) is 7.87. The monoisotopic (exact) mass is 341 g/mol. The van der Waals surface area contributed by atoms with Gasteiger partial charge < -0.3 is 5.11 Å². The minimum absolute atomic E-state index is 0.0819. The summed E-state index contributed by atoms with van der Waals surface area (Å²) >= 11 is 1.03. The summed E-state index contributed by atoms with van der Waals surface area (Å²) in [6, 6.07) is 3.03. The Kier molecular flexibility index (Phi) is 4.76. The lowest BCUT2D eigenvalue weighted by molar-refractivity contribution is -0.0953. The van der Waals surface area contributed by atoms with Gasteiger partial charge in [0, 0.05) is 36.6 Å². The van der Waals surface area contributed by atoms with Crippen molar-refractivity contribution in [2.45, 2.75) is 23.2 Å². The van der Waals surface area contributed by atoms with Crippen molar-refractivity contribution in [1.82, 2.24) is 4.31 Å². The van der Waals surface area contributed by atoms with Crippen molar-refractivity contribution in [3.63, 3.8) is 0 Å². The molecule has 1 aromatic rings. The third kappa shape index (κ3) is 3.65. The maximum atomic E-state index is 12.5. The van der Waals surface area contributed by atoms with Crippen LogP contribution in [0, 0.1) is 0 Å². The van der Waals surface area contributed by atoms with E-state index in [0.29, 0.717) is 6.42 Å². The van der Waals surface area contributed by atoms with Gasteiger partial charge in [-0.25, -0.2) is 8.42 Å². The maximum Gasteiger partial charge on any atom is 0.412 e. The SMILES string of the molecule is O=S(=O)(c1ccc(CCO)s1)N1CC=C(C(F)(F)F)CC1. The first-order valence-corrected chi connectivity index (χ1v) is 8.47. The topological polar surface area (TPSA) is 57.6 Å². The molecule has 0 amide bonds. The number of halogens is 3. The van der Waals surface area contributed by atoms with Crippen LogP contribution in [0.3, 0.4) is 0 Å². The predicted molar refractivity (Wildman–Crippen MR) is 72.6 cm³/mol. The average Bonchev–Trinajstić information content (AvgIpc) is 2.88. The van der Waals surface area contributed by atoms with E-state index in [1.54, 1.807) is 6.07 Å². The maximum absolute atomic E-state index is 12.5. The van der Waals surface area contributed by atoms with Gasteiger partial charge in [-0.3, -0.25) is 0 Å². The second-order valence-electron chi connectivity index (χ2n) is 4.53. The molecule has 2 rings (SSSR count). The van der Waals surface area contributed by atoms with Gasteiger partial charge in [-0.15, -0.1) is 11.3 Å². The number of aliphatic hydroxyl groups is 1. The summed E-state index contributed by atoms with van der Waals surface area (Å²) in [5.74, 6) is 0. The zero-order valence-corrected chi connectivity index (χ0v) is 12.6. The largest absolute Gasteiger partial charge is 0.412 e. The molecule has 0 radical (unpaired) electrons. The van der Waals surface area contributed by atoms with Crippen LogP contribution in [0.1, 0.15) is 11.3 Å². The van der Waals surface area contributed by atoms with Crippen LogP contribution in [0.25, 0.3) is 0 Å². The van der Waals surface area contributed by atoms with Crippen molar-refractivity contribution >= 4 is 21.4 Å². The molecule has 118 valence electrons. The molecule has 0 saturated heterocycles. The van der Waals surface area contributed by atoms with Crippen LogP contribution < -0.4 is 0 Å². The van der Waals surface area contributed by atoms with Gasteiger partial charge in [0.1, 0.15) is 4.21 Å². The Labute approximate surface area is 124 Å². The van der Waals surface area contributed by atoms with Crippen molar-refractivity contribution < 1.29 is 26.7 Å². The molecule has 0 atom stereocenters. The van der Waals surface area contributed by atoms with Crippen LogP contribution in [0.2, 0.25) is 0 Å². The minimum Gasteiger partial charge on any atom is -0.396 e. The van der Waals surface area contributed by atoms with E-state index in [-0.39, 0.29) is 30.3 Å². The molecule has 0 bridgehead atoms. The van der Waals surface area contributed by atoms with Crippen LogP contribution in [-0.4, -0.2) is 43.7 Å². The van der Waals surface area contributed by atoms with Gasteiger partial charge in [-0.05, 0) is 18.6 Å². The third-order valence-electron chi connectivity index (χ3n) is 3.13. The Morgan fingerprint density at radius 2 is 2.05 bits per heavy atom. The number of hydrogen-bond acceptors (Lipinski definition) is 4. The molecule has 1 aliphatic rings. The number of hydrogen-bond donors (Lipinski definition) is 1. The lowest BCUT2D eigenvalue weighted by Crippen LogP contribution is -2.36. The number of sulfonamides is 1. The van der Waals surface area contributed by atoms with E-state index in [1.807, 2.05) is 0 Å². The zero-order valence-electron chi connectivity index (χ0n) is 10.9. The predicted octanol–water partition coefficient (Wildman–Crippen LogP) is 2.17. The number of nitrogens with zero attached hydrogens (tertiary/aromatic N) is 1. The lowest BCUT2D eigenvalue weighted by atomic mass is 10.1. The first-order chi connectivity index (χ1) is 9.75. The first kappa shape index (κ1) is 16.5. The van der Waals surface area contributed by atoms with E-state index < -0.39 is 21.8 Å². The van der Waals surface area contributed by atoms with E-state index in [9.17, 15) is 21.6 Å². The van der Waals surface area contributed by atoms with E-state index in [1.165, 1.54) is 6.07 Å². The van der Waals surface area contributed by atoms with E-state index in [4.69, 9.17) is 5.11 Å². The van der Waals surface area contributed by atoms with Crippen molar-refractivity contribution in [2.75, 3.05) is 19.7 Å². The van der Waals surface area contributed by atoms with Crippen molar-refractivity contribution in [1.29, 1.82) is 0 Å². The highest BCUT2D eigenvalue weighted by atomic mass is 32.2. The number of alkyl halides is 3. The molecule has 0 saturated carbocycles. The van der Waals surface area contributed by atoms with Crippen LogP contribution in [0.5, 0.6) is 0 Å². The summed E-state index contributed by atoms with van der Waals surface area (Å²) in [5, 5.41) is 8.82. The van der Waals surface area contributed by atoms with Gasteiger partial charge in [-0.1, -0.05) is 6.08 Å². The summed E-state index contributed by atoms with van der Waals surface area (Å²) < 4.78 is 63.3. The van der Waals surface area contributed by atoms with Gasteiger partial charge in [-0.2, -0.15) is 17.5 Å². The number of aliphatic hydroxyl groups excluding tert-OH is 1. The van der Waals surface area contributed by atoms with E-state index in [2.05, 4.69) is 0 Å². The zero-order chi connectivity index (χ0) is 15.7. The van der Waals surface area contributed by atoms with Crippen LogP contribution in [0.15, 0.2) is 28.0 Å². The van der Waals surface area contributed by atoms with E-state index in [0.717, 1.165) is 26.6 Å². The Balaban J connectivity index is 2.16. The lowest BCUT2D eigenvalue weighted by Gasteiger charge is -2.26. The average molecular weight is 341 g/mol. The van der Waals surface area contributed by atoms with Gasteiger partial charge in [0.2, 0.25) is 0 Å². The molecular formula is C12H14F3NO3S2. The Morgan fingerprint density at radius 1 is 1.33 bits per heavy atom. The molecule has 0 aromatic carbocycles. The van der Waals surface area contributed by atoms with Crippen LogP contribution >= 0.6 is 11.3 Å². The highest BCUT2D eigenvalue weighted by molar-refractivity contribution is 7.91. The molecule has 4 nitrogen and oxygen atoms in total. The summed E-state index contributed by atoms with van der Waals surface area (Å²) in [5.41, 5.74) is -0.680. The molecule has 9 heteroatoms. The van der Waals surface area contributed by atoms with Gasteiger partial charge in [0.15, 0.2) is 0 Å². The summed E-state index contributed by atoms with van der Waals surface area (Å²) in [7, 11) is -3.77. The Hall–Kier alpha value is -0.900. The molecule has 1 N–H and O–H groups in total. The molecule has 1 aliphatic heterocycles. The molecular weight excluding hydrogens is 327 g/mol. The van der Waals surface area contributed by atoms with Gasteiger partial charge >= 0.3 is 6.18 Å². The summed E-state index contributed by atoms with van der Waals surface area (Å²) in [6.45, 7) is -0.535. The molecule has 21 heavy (non-hydrogen) atoms. The fourth-order valence-corrected chi connectivity index (χ4v) is 4.87. The minimum atomic E-state index is -4.40. The fraction of sp³-hybridized carbons (Fsp3) is 0.500. The van der Waals surface area contributed by atoms with Crippen LogP contribution in [-0.2, 0) is 16.4 Å². The number of rotatable bonds is 4. The normalized spacial score (nSPS) is 17.8. The fourth-order valence-electron chi connectivity index (χ4n) is 1.99. The first-order valence-electron chi connectivity index (χ1n) is 6.21. The Morgan fingerprint density at radius 3 is 2.57 bits per heavy atom. The van der Waals surface area contributed by atoms with Crippen molar-refractivity contribution in [3.8, 4) is 0 Å². The van der Waals surface area contributed by atoms with Gasteiger partial charge in [0.25, 0.3) is 10.0 Å². The Bertz CT molecular complexity index is 634. The molecule has 0 spiro atoms. The van der Waals surface area contributed by atoms with Crippen molar-refractivity contribution in [3.05, 3.63) is 28.7 Å². The van der Waals surface area contributed by atoms with Crippen molar-refractivity contribution in [2.24, 2.45) is 0 Å². The molecule has 1 aromatic heterocycles. The summed E-state index contributed by atoms with van der Waals surface area (Å²) in [4.78, 5) is 0.722. The van der Waals surface area contributed by atoms with Crippen LogP contribution in [0.4, 0.5) is 13.2 Å². The molecule has 2 heterocycles. The molecule has 0 fully saturated rings. The van der Waals surface area contributed by atoms with Gasteiger partial charge in [0.05, 0.1) is 0 Å². The highest BCUT2D eigenvalue weighted by Gasteiger charge is 2.37. The molecule has 0 unspecified atom stereocenters. The third-order valence-corrected chi connectivity index (χ3v) is 6.60. The summed E-state index contributed by atoms with van der Waals surface area (Å²) in [6.07, 6.45) is -3.45. The van der Waals surface area contributed by atoms with E-state index >= 15 is 0 Å². The second kappa shape index (κ2) is 6.07. The quantitative estimate of drug-likeness (QED) is 0.854. The molecule has 0 aliphatic carbocycles. The standard InChI is InChI=1S/C12H14F3NO3S2/c13-12(14,15)9-3-6-16(7-4-9)21(18,19)11-2-1-10(20-11)5-8-17/h1-3,17H,4-8H2. The number of thiophene rings is 1. The highest BCUT2D eigenvalue weighted by Crippen LogP contribution is 2.32.